The molecule has 1 unspecified atom stereocenters. The fraction of sp³-hybridized carbons (Fsp3) is 0.533. The van der Waals surface area contributed by atoms with E-state index in [-0.39, 0.29) is 12.6 Å². The predicted octanol–water partition coefficient (Wildman–Crippen LogP) is 1.74. The van der Waals surface area contributed by atoms with Crippen molar-refractivity contribution in [1.82, 2.24) is 10.2 Å². The van der Waals surface area contributed by atoms with Gasteiger partial charge in [-0.05, 0) is 58.1 Å². The molecular weight excluding hydrogens is 254 g/mol. The van der Waals surface area contributed by atoms with Crippen LogP contribution in [0.5, 0.6) is 0 Å². The number of benzene rings is 1. The van der Waals surface area contributed by atoms with E-state index in [1.165, 1.54) is 0 Å². The van der Waals surface area contributed by atoms with Crippen molar-refractivity contribution in [2.75, 3.05) is 32.5 Å². The highest BCUT2D eigenvalue weighted by Gasteiger charge is 2.22. The number of likely N-dealkylation sites (N-methyl/N-ethyl adjacent to an activating group) is 1. The van der Waals surface area contributed by atoms with Crippen molar-refractivity contribution < 1.29 is 9.90 Å². The molecule has 20 heavy (non-hydrogen) atoms. The number of aliphatic hydroxyl groups is 1. The molecule has 5 heteroatoms. The Morgan fingerprint density at radius 3 is 2.30 bits per heavy atom. The van der Waals surface area contributed by atoms with Gasteiger partial charge in [0.1, 0.15) is 0 Å². The lowest BCUT2D eigenvalue weighted by atomic mass is 10.1. The Labute approximate surface area is 121 Å². The summed E-state index contributed by atoms with van der Waals surface area (Å²) in [5, 5.41) is 15.6. The molecule has 0 aliphatic heterocycles. The molecule has 0 saturated heterocycles. The Morgan fingerprint density at radius 1 is 1.25 bits per heavy atom. The SMILES string of the molecule is Cc1cc(C)cc(NC(=O)NCC(C)(O)CN(C)C)c1. The van der Waals surface area contributed by atoms with Gasteiger partial charge in [-0.3, -0.25) is 0 Å². The van der Waals surface area contributed by atoms with E-state index in [2.05, 4.69) is 10.6 Å². The van der Waals surface area contributed by atoms with Gasteiger partial charge in [0.15, 0.2) is 0 Å². The first kappa shape index (κ1) is 16.5. The first-order chi connectivity index (χ1) is 9.18. The lowest BCUT2D eigenvalue weighted by Crippen LogP contribution is -2.48. The zero-order valence-corrected chi connectivity index (χ0v) is 12.9. The molecule has 3 N–H and O–H groups in total. The summed E-state index contributed by atoms with van der Waals surface area (Å²) in [6.07, 6.45) is 0. The number of carbonyl (C=O) groups is 1. The fourth-order valence-corrected chi connectivity index (χ4v) is 2.23. The quantitative estimate of drug-likeness (QED) is 0.769. The Kier molecular flexibility index (Phi) is 5.53. The molecule has 0 saturated carbocycles. The second-order valence-electron chi connectivity index (χ2n) is 5.92. The van der Waals surface area contributed by atoms with Gasteiger partial charge >= 0.3 is 6.03 Å². The van der Waals surface area contributed by atoms with E-state index in [0.717, 1.165) is 16.8 Å². The molecular formula is C15H25N3O2. The van der Waals surface area contributed by atoms with Gasteiger partial charge in [0, 0.05) is 18.8 Å². The Bertz CT molecular complexity index is 450. The molecule has 0 fully saturated rings. The molecule has 1 aromatic carbocycles. The van der Waals surface area contributed by atoms with Crippen molar-refractivity contribution in [3.05, 3.63) is 29.3 Å². The Balaban J connectivity index is 2.51. The van der Waals surface area contributed by atoms with E-state index >= 15 is 0 Å². The van der Waals surface area contributed by atoms with Gasteiger partial charge in [-0.15, -0.1) is 0 Å². The minimum Gasteiger partial charge on any atom is -0.387 e. The van der Waals surface area contributed by atoms with Crippen LogP contribution < -0.4 is 10.6 Å². The second-order valence-corrected chi connectivity index (χ2v) is 5.92. The summed E-state index contributed by atoms with van der Waals surface area (Å²) in [4.78, 5) is 13.7. The van der Waals surface area contributed by atoms with Crippen LogP contribution in [0.1, 0.15) is 18.1 Å². The van der Waals surface area contributed by atoms with Gasteiger partial charge < -0.3 is 20.6 Å². The highest BCUT2D eigenvalue weighted by Crippen LogP contribution is 2.13. The van der Waals surface area contributed by atoms with Crippen molar-refractivity contribution in [3.8, 4) is 0 Å². The Hall–Kier alpha value is -1.59. The van der Waals surface area contributed by atoms with Crippen LogP contribution >= 0.6 is 0 Å². The van der Waals surface area contributed by atoms with Crippen molar-refractivity contribution >= 4 is 11.7 Å². The lowest BCUT2D eigenvalue weighted by Gasteiger charge is -2.27. The molecule has 0 radical (unpaired) electrons. The second kappa shape index (κ2) is 6.72. The van der Waals surface area contributed by atoms with Crippen LogP contribution in [-0.2, 0) is 0 Å². The van der Waals surface area contributed by atoms with Crippen LogP contribution in [0, 0.1) is 13.8 Å². The van der Waals surface area contributed by atoms with Crippen LogP contribution in [0.3, 0.4) is 0 Å². The average molecular weight is 279 g/mol. The summed E-state index contributed by atoms with van der Waals surface area (Å²) >= 11 is 0. The summed E-state index contributed by atoms with van der Waals surface area (Å²) in [7, 11) is 3.76. The monoisotopic (exact) mass is 279 g/mol. The van der Waals surface area contributed by atoms with Crippen LogP contribution in [0.2, 0.25) is 0 Å². The third-order valence-electron chi connectivity index (χ3n) is 2.77. The highest BCUT2D eigenvalue weighted by molar-refractivity contribution is 5.89. The molecule has 0 heterocycles. The number of hydrogen-bond acceptors (Lipinski definition) is 3. The minimum absolute atomic E-state index is 0.196. The van der Waals surface area contributed by atoms with Crippen molar-refractivity contribution in [1.29, 1.82) is 0 Å². The molecule has 0 bridgehead atoms. The zero-order valence-electron chi connectivity index (χ0n) is 12.9. The van der Waals surface area contributed by atoms with Gasteiger partial charge in [-0.2, -0.15) is 0 Å². The number of nitrogens with zero attached hydrogens (tertiary/aromatic N) is 1. The molecule has 112 valence electrons. The van der Waals surface area contributed by atoms with Crippen molar-refractivity contribution in [3.63, 3.8) is 0 Å². The normalized spacial score (nSPS) is 13.9. The molecule has 5 nitrogen and oxygen atoms in total. The number of amides is 2. The highest BCUT2D eigenvalue weighted by atomic mass is 16.3. The maximum Gasteiger partial charge on any atom is 0.319 e. The maximum atomic E-state index is 11.8. The van der Waals surface area contributed by atoms with Gasteiger partial charge in [0.25, 0.3) is 0 Å². The molecule has 0 aliphatic carbocycles. The van der Waals surface area contributed by atoms with Gasteiger partial charge in [0.05, 0.1) is 5.60 Å². The van der Waals surface area contributed by atoms with E-state index in [0.29, 0.717) is 6.54 Å². The van der Waals surface area contributed by atoms with Crippen molar-refractivity contribution in [2.24, 2.45) is 0 Å². The number of anilines is 1. The minimum atomic E-state index is -0.955. The van der Waals surface area contributed by atoms with E-state index in [1.807, 2.05) is 51.0 Å². The average Bonchev–Trinajstić information content (AvgIpc) is 2.23. The molecule has 1 rings (SSSR count). The van der Waals surface area contributed by atoms with Crippen LogP contribution in [-0.4, -0.2) is 48.8 Å². The van der Waals surface area contributed by atoms with Gasteiger partial charge in [0.2, 0.25) is 0 Å². The predicted molar refractivity (Wildman–Crippen MR) is 82.1 cm³/mol. The summed E-state index contributed by atoms with van der Waals surface area (Å²) in [6, 6.07) is 5.55. The molecule has 0 spiro atoms. The number of hydrogen-bond donors (Lipinski definition) is 3. The van der Waals surface area contributed by atoms with E-state index in [4.69, 9.17) is 0 Å². The van der Waals surface area contributed by atoms with Crippen LogP contribution in [0.4, 0.5) is 10.5 Å². The Morgan fingerprint density at radius 2 is 1.80 bits per heavy atom. The summed E-state index contributed by atoms with van der Waals surface area (Å²) in [5.74, 6) is 0. The zero-order chi connectivity index (χ0) is 15.3. The summed E-state index contributed by atoms with van der Waals surface area (Å²) < 4.78 is 0. The molecule has 0 aliphatic rings. The van der Waals surface area contributed by atoms with Crippen molar-refractivity contribution in [2.45, 2.75) is 26.4 Å². The van der Waals surface area contributed by atoms with Crippen LogP contribution in [0.25, 0.3) is 0 Å². The van der Waals surface area contributed by atoms with E-state index in [1.54, 1.807) is 6.92 Å². The van der Waals surface area contributed by atoms with E-state index in [9.17, 15) is 9.90 Å². The number of rotatable bonds is 5. The molecule has 1 atom stereocenters. The fourth-order valence-electron chi connectivity index (χ4n) is 2.23. The maximum absolute atomic E-state index is 11.8. The molecule has 0 aromatic heterocycles. The largest absolute Gasteiger partial charge is 0.387 e. The smallest absolute Gasteiger partial charge is 0.319 e. The molecule has 1 aromatic rings. The summed E-state index contributed by atoms with van der Waals surface area (Å²) in [6.45, 7) is 6.35. The number of aryl methyl sites for hydroxylation is 2. The number of nitrogens with one attached hydrogen (secondary N) is 2. The van der Waals surface area contributed by atoms with Crippen LogP contribution in [0.15, 0.2) is 18.2 Å². The van der Waals surface area contributed by atoms with Gasteiger partial charge in [-0.1, -0.05) is 6.07 Å². The third-order valence-corrected chi connectivity index (χ3v) is 2.77. The van der Waals surface area contributed by atoms with E-state index < -0.39 is 5.60 Å². The number of carbonyl (C=O) groups excluding carboxylic acids is 1. The number of urea groups is 1. The first-order valence-electron chi connectivity index (χ1n) is 6.68. The standard InChI is InChI=1S/C15H25N3O2/c1-11-6-12(2)8-13(7-11)17-14(19)16-9-15(3,20)10-18(4)5/h6-8,20H,9-10H2,1-5H3,(H2,16,17,19). The van der Waals surface area contributed by atoms with Gasteiger partial charge in [-0.25, -0.2) is 4.79 Å². The third kappa shape index (κ3) is 6.04. The first-order valence-corrected chi connectivity index (χ1v) is 6.68. The molecule has 2 amide bonds. The topological polar surface area (TPSA) is 64.6 Å². The summed E-state index contributed by atoms with van der Waals surface area (Å²) in [5.41, 5.74) is 2.00. The lowest BCUT2D eigenvalue weighted by molar-refractivity contribution is 0.0364.